The van der Waals surface area contributed by atoms with Gasteiger partial charge in [0, 0.05) is 37.2 Å². The molecule has 0 radical (unpaired) electrons. The number of nitrogens with two attached hydrogens (primary N) is 1. The van der Waals surface area contributed by atoms with E-state index in [0.717, 1.165) is 11.3 Å². The molecule has 1 aromatic carbocycles. The number of hydrogen-bond acceptors (Lipinski definition) is 6. The Labute approximate surface area is 163 Å². The van der Waals surface area contributed by atoms with E-state index in [0.29, 0.717) is 36.0 Å². The number of nitrogens with one attached hydrogen (secondary N) is 1. The number of ether oxygens (including phenoxy) is 2. The Morgan fingerprint density at radius 2 is 2.04 bits per heavy atom. The van der Waals surface area contributed by atoms with Gasteiger partial charge >= 0.3 is 0 Å². The summed E-state index contributed by atoms with van der Waals surface area (Å²) in [5.41, 5.74) is 8.64. The van der Waals surface area contributed by atoms with E-state index in [1.165, 1.54) is 6.20 Å². The first kappa shape index (κ1) is 19.4. The average molecular weight is 381 g/mol. The predicted octanol–water partition coefficient (Wildman–Crippen LogP) is 2.11. The second-order valence-electron chi connectivity index (χ2n) is 6.14. The fourth-order valence-corrected chi connectivity index (χ4v) is 2.70. The van der Waals surface area contributed by atoms with E-state index in [-0.39, 0.29) is 12.5 Å². The number of aryl methyl sites for hydroxylation is 1. The second-order valence-corrected chi connectivity index (χ2v) is 6.14. The topological polar surface area (TPSA) is 104 Å². The standard InChI is InChI=1S/C20H23N5O3/c1-14-17(18(10-19(21)24-14)28-9-8-27-2)12-22-20(26)15-11-23-25(13-15)16-6-4-3-5-7-16/h3-7,10-11,13H,8-9,12H2,1-2H3,(H2,21,24)(H,22,26). The van der Waals surface area contributed by atoms with Gasteiger partial charge in [-0.2, -0.15) is 5.10 Å². The zero-order chi connectivity index (χ0) is 19.9. The molecule has 0 saturated carbocycles. The number of para-hydroxylation sites is 1. The summed E-state index contributed by atoms with van der Waals surface area (Å²) in [5, 5.41) is 7.13. The zero-order valence-corrected chi connectivity index (χ0v) is 15.9. The highest BCUT2D eigenvalue weighted by molar-refractivity contribution is 5.93. The summed E-state index contributed by atoms with van der Waals surface area (Å²) >= 11 is 0. The Hall–Kier alpha value is -3.39. The lowest BCUT2D eigenvalue weighted by Gasteiger charge is -2.14. The first-order chi connectivity index (χ1) is 13.6. The lowest BCUT2D eigenvalue weighted by molar-refractivity contribution is 0.0950. The fraction of sp³-hybridized carbons (Fsp3) is 0.250. The van der Waals surface area contributed by atoms with Crippen molar-refractivity contribution in [2.75, 3.05) is 26.1 Å². The Morgan fingerprint density at radius 1 is 1.25 bits per heavy atom. The lowest BCUT2D eigenvalue weighted by atomic mass is 10.1. The van der Waals surface area contributed by atoms with Crippen LogP contribution in [0.5, 0.6) is 5.75 Å². The van der Waals surface area contributed by atoms with Crippen LogP contribution in [0.25, 0.3) is 5.69 Å². The molecule has 0 saturated heterocycles. The minimum atomic E-state index is -0.235. The van der Waals surface area contributed by atoms with Crippen molar-refractivity contribution in [1.29, 1.82) is 0 Å². The SMILES string of the molecule is COCCOc1cc(N)nc(C)c1CNC(=O)c1cnn(-c2ccccc2)c1. The third-order valence-electron chi connectivity index (χ3n) is 4.15. The van der Waals surface area contributed by atoms with Crippen molar-refractivity contribution in [3.05, 3.63) is 65.6 Å². The normalized spacial score (nSPS) is 10.6. The molecule has 0 bridgehead atoms. The molecule has 2 heterocycles. The van der Waals surface area contributed by atoms with Crippen molar-refractivity contribution in [3.63, 3.8) is 0 Å². The molecule has 0 aliphatic rings. The number of carbonyl (C=O) groups is 1. The van der Waals surface area contributed by atoms with Gasteiger partial charge in [-0.25, -0.2) is 9.67 Å². The Balaban J connectivity index is 1.70. The van der Waals surface area contributed by atoms with Gasteiger partial charge < -0.3 is 20.5 Å². The molecule has 2 aromatic heterocycles. The zero-order valence-electron chi connectivity index (χ0n) is 15.9. The molecule has 1 amide bonds. The van der Waals surface area contributed by atoms with Gasteiger partial charge in [0.1, 0.15) is 18.2 Å². The van der Waals surface area contributed by atoms with Crippen LogP contribution >= 0.6 is 0 Å². The van der Waals surface area contributed by atoms with Crippen molar-refractivity contribution in [1.82, 2.24) is 20.1 Å². The highest BCUT2D eigenvalue weighted by Gasteiger charge is 2.14. The van der Waals surface area contributed by atoms with Crippen LogP contribution in [0.3, 0.4) is 0 Å². The molecule has 3 N–H and O–H groups in total. The minimum Gasteiger partial charge on any atom is -0.491 e. The van der Waals surface area contributed by atoms with Crippen molar-refractivity contribution in [3.8, 4) is 11.4 Å². The molecule has 3 aromatic rings. The Bertz CT molecular complexity index is 940. The quantitative estimate of drug-likeness (QED) is 0.579. The first-order valence-corrected chi connectivity index (χ1v) is 8.84. The monoisotopic (exact) mass is 381 g/mol. The molecule has 3 rings (SSSR count). The van der Waals surface area contributed by atoms with Crippen LogP contribution in [0.2, 0.25) is 0 Å². The number of carbonyl (C=O) groups excluding carboxylic acids is 1. The van der Waals surface area contributed by atoms with Gasteiger partial charge in [0.15, 0.2) is 0 Å². The van der Waals surface area contributed by atoms with Gasteiger partial charge in [-0.15, -0.1) is 0 Å². The summed E-state index contributed by atoms with van der Waals surface area (Å²) in [6.45, 7) is 2.92. The maximum Gasteiger partial charge on any atom is 0.254 e. The largest absolute Gasteiger partial charge is 0.491 e. The molecule has 146 valence electrons. The van der Waals surface area contributed by atoms with E-state index in [2.05, 4.69) is 15.4 Å². The van der Waals surface area contributed by atoms with E-state index in [4.69, 9.17) is 15.2 Å². The molecule has 0 fully saturated rings. The van der Waals surface area contributed by atoms with Gasteiger partial charge in [-0.3, -0.25) is 4.79 Å². The van der Waals surface area contributed by atoms with Gasteiger partial charge in [-0.05, 0) is 19.1 Å². The molecule has 28 heavy (non-hydrogen) atoms. The number of aromatic nitrogens is 3. The number of methoxy groups -OCH3 is 1. The number of anilines is 1. The van der Waals surface area contributed by atoms with Crippen LogP contribution in [0.1, 0.15) is 21.6 Å². The molecule has 0 aliphatic heterocycles. The van der Waals surface area contributed by atoms with Crippen LogP contribution in [-0.4, -0.2) is 41.0 Å². The summed E-state index contributed by atoms with van der Waals surface area (Å²) in [4.78, 5) is 16.8. The Kier molecular flexibility index (Phi) is 6.23. The predicted molar refractivity (Wildman–Crippen MR) is 105 cm³/mol. The number of benzene rings is 1. The van der Waals surface area contributed by atoms with E-state index >= 15 is 0 Å². The third kappa shape index (κ3) is 4.66. The smallest absolute Gasteiger partial charge is 0.254 e. The van der Waals surface area contributed by atoms with Gasteiger partial charge in [-0.1, -0.05) is 18.2 Å². The summed E-state index contributed by atoms with van der Waals surface area (Å²) in [6.07, 6.45) is 3.22. The van der Waals surface area contributed by atoms with Crippen LogP contribution < -0.4 is 15.8 Å². The van der Waals surface area contributed by atoms with Gasteiger partial charge in [0.05, 0.1) is 24.1 Å². The van der Waals surface area contributed by atoms with E-state index in [9.17, 15) is 4.79 Å². The van der Waals surface area contributed by atoms with Crippen LogP contribution in [0, 0.1) is 6.92 Å². The number of pyridine rings is 1. The molecule has 8 nitrogen and oxygen atoms in total. The summed E-state index contributed by atoms with van der Waals surface area (Å²) in [5.74, 6) is 0.715. The number of amides is 1. The fourth-order valence-electron chi connectivity index (χ4n) is 2.70. The average Bonchev–Trinajstić information content (AvgIpc) is 3.18. The summed E-state index contributed by atoms with van der Waals surface area (Å²) in [6, 6.07) is 11.2. The number of nitrogens with zero attached hydrogens (tertiary/aromatic N) is 3. The first-order valence-electron chi connectivity index (χ1n) is 8.84. The highest BCUT2D eigenvalue weighted by atomic mass is 16.5. The Morgan fingerprint density at radius 3 is 2.79 bits per heavy atom. The molecule has 8 heteroatoms. The highest BCUT2D eigenvalue weighted by Crippen LogP contribution is 2.23. The number of rotatable bonds is 8. The molecule has 0 atom stereocenters. The van der Waals surface area contributed by atoms with Gasteiger partial charge in [0.25, 0.3) is 5.91 Å². The number of hydrogen-bond donors (Lipinski definition) is 2. The second kappa shape index (κ2) is 9.01. The van der Waals surface area contributed by atoms with Crippen LogP contribution in [0.4, 0.5) is 5.82 Å². The molecule has 0 spiro atoms. The molecule has 0 aliphatic carbocycles. The maximum atomic E-state index is 12.5. The third-order valence-corrected chi connectivity index (χ3v) is 4.15. The van der Waals surface area contributed by atoms with Gasteiger partial charge in [0.2, 0.25) is 0 Å². The maximum absolute atomic E-state index is 12.5. The van der Waals surface area contributed by atoms with Crippen LogP contribution in [0.15, 0.2) is 48.8 Å². The van der Waals surface area contributed by atoms with Crippen molar-refractivity contribution in [2.24, 2.45) is 0 Å². The van der Waals surface area contributed by atoms with E-state index in [1.54, 1.807) is 24.1 Å². The van der Waals surface area contributed by atoms with Crippen LogP contribution in [-0.2, 0) is 11.3 Å². The number of nitrogen functional groups attached to an aromatic ring is 1. The van der Waals surface area contributed by atoms with Crippen molar-refractivity contribution < 1.29 is 14.3 Å². The molecule has 0 unspecified atom stereocenters. The van der Waals surface area contributed by atoms with Crippen molar-refractivity contribution in [2.45, 2.75) is 13.5 Å². The van der Waals surface area contributed by atoms with E-state index in [1.807, 2.05) is 37.3 Å². The molecular weight excluding hydrogens is 358 g/mol. The minimum absolute atomic E-state index is 0.235. The summed E-state index contributed by atoms with van der Waals surface area (Å²) in [7, 11) is 1.60. The lowest BCUT2D eigenvalue weighted by Crippen LogP contribution is -2.24. The van der Waals surface area contributed by atoms with Crippen molar-refractivity contribution >= 4 is 11.7 Å². The van der Waals surface area contributed by atoms with E-state index < -0.39 is 0 Å². The molecular formula is C20H23N5O3. The summed E-state index contributed by atoms with van der Waals surface area (Å²) < 4.78 is 12.4.